The Bertz CT molecular complexity index is 974. The van der Waals surface area contributed by atoms with Gasteiger partial charge in [-0.1, -0.05) is 6.07 Å². The van der Waals surface area contributed by atoms with Crippen molar-refractivity contribution < 1.29 is 9.84 Å². The van der Waals surface area contributed by atoms with Gasteiger partial charge in [-0.25, -0.2) is 15.0 Å². The van der Waals surface area contributed by atoms with Crippen molar-refractivity contribution in [2.75, 3.05) is 24.7 Å². The number of aromatic nitrogens is 5. The molecule has 2 atom stereocenters. The average Bonchev–Trinajstić information content (AvgIpc) is 3.25. The first-order valence-electron chi connectivity index (χ1n) is 9.89. The molecule has 8 nitrogen and oxygen atoms in total. The van der Waals surface area contributed by atoms with E-state index in [1.54, 1.807) is 6.33 Å². The first kappa shape index (κ1) is 17.5. The van der Waals surface area contributed by atoms with Crippen LogP contribution >= 0.6 is 0 Å². The molecule has 1 N–H and O–H groups in total. The van der Waals surface area contributed by atoms with Crippen molar-refractivity contribution >= 4 is 17.0 Å². The summed E-state index contributed by atoms with van der Waals surface area (Å²) in [5.74, 6) is 1.05. The maximum Gasteiger partial charge on any atom is 0.165 e. The van der Waals surface area contributed by atoms with Crippen molar-refractivity contribution in [1.29, 1.82) is 0 Å². The van der Waals surface area contributed by atoms with Gasteiger partial charge >= 0.3 is 0 Å². The molecule has 0 unspecified atom stereocenters. The highest BCUT2D eigenvalue weighted by Gasteiger charge is 2.26. The minimum Gasteiger partial charge on any atom is -0.390 e. The number of hydrogen-bond donors (Lipinski definition) is 1. The molecule has 0 radical (unpaired) electrons. The Kier molecular flexibility index (Phi) is 4.66. The van der Waals surface area contributed by atoms with Gasteiger partial charge in [-0.15, -0.1) is 0 Å². The van der Waals surface area contributed by atoms with Gasteiger partial charge in [0.25, 0.3) is 0 Å². The van der Waals surface area contributed by atoms with Crippen LogP contribution in [0.2, 0.25) is 0 Å². The molecule has 8 heteroatoms. The molecular weight excluding hydrogens is 356 g/mol. The topological polar surface area (TPSA) is 89.2 Å². The van der Waals surface area contributed by atoms with Gasteiger partial charge in [-0.3, -0.25) is 4.98 Å². The summed E-state index contributed by atoms with van der Waals surface area (Å²) in [6.07, 6.45) is 7.82. The third-order valence-electron chi connectivity index (χ3n) is 5.77. The molecule has 3 aromatic rings. The quantitative estimate of drug-likeness (QED) is 0.735. The molecule has 1 saturated heterocycles. The Morgan fingerprint density at radius 3 is 3.04 bits per heavy atom. The lowest BCUT2D eigenvalue weighted by Gasteiger charge is -2.21. The maximum atomic E-state index is 9.96. The highest BCUT2D eigenvalue weighted by molar-refractivity contribution is 5.83. The number of nitrogens with zero attached hydrogens (tertiary/aromatic N) is 6. The standard InChI is InChI=1S/C20H24N6O2/c27-17-11-28-10-15(17)5-8-26-13-24-18-19(22-12-23-20(18)26)25-7-2-4-16-14(9-25)3-1-6-21-16/h1,3,6,12-13,15,17,27H,2,4-5,7-11H2/t15-,17-/m1/s1. The van der Waals surface area contributed by atoms with Crippen LogP contribution in [0.4, 0.5) is 5.82 Å². The lowest BCUT2D eigenvalue weighted by Crippen LogP contribution is -2.24. The fraction of sp³-hybridized carbons (Fsp3) is 0.500. The second-order valence-corrected chi connectivity index (χ2v) is 7.60. The minimum atomic E-state index is -0.370. The first-order chi connectivity index (χ1) is 13.8. The molecule has 0 aliphatic carbocycles. The average molecular weight is 380 g/mol. The lowest BCUT2D eigenvalue weighted by molar-refractivity contribution is 0.116. The van der Waals surface area contributed by atoms with E-state index in [0.717, 1.165) is 55.9 Å². The van der Waals surface area contributed by atoms with Crippen LogP contribution in [0.3, 0.4) is 0 Å². The zero-order valence-electron chi connectivity index (χ0n) is 15.7. The first-order valence-corrected chi connectivity index (χ1v) is 9.89. The fourth-order valence-corrected chi connectivity index (χ4v) is 4.17. The van der Waals surface area contributed by atoms with Crippen LogP contribution in [-0.4, -0.2) is 55.5 Å². The monoisotopic (exact) mass is 380 g/mol. The molecule has 1 fully saturated rings. The van der Waals surface area contributed by atoms with Gasteiger partial charge in [0.05, 0.1) is 25.6 Å². The summed E-state index contributed by atoms with van der Waals surface area (Å²) < 4.78 is 7.41. The fourth-order valence-electron chi connectivity index (χ4n) is 4.17. The third kappa shape index (κ3) is 3.22. The summed E-state index contributed by atoms with van der Waals surface area (Å²) in [5, 5.41) is 9.96. The van der Waals surface area contributed by atoms with Crippen molar-refractivity contribution in [2.45, 2.75) is 38.5 Å². The minimum absolute atomic E-state index is 0.174. The normalized spacial score (nSPS) is 22.4. The van der Waals surface area contributed by atoms with E-state index in [2.05, 4.69) is 35.5 Å². The number of ether oxygens (including phenoxy) is 1. The second-order valence-electron chi connectivity index (χ2n) is 7.60. The smallest absolute Gasteiger partial charge is 0.165 e. The van der Waals surface area contributed by atoms with Crippen molar-refractivity contribution in [1.82, 2.24) is 24.5 Å². The van der Waals surface area contributed by atoms with Crippen LogP contribution in [0.1, 0.15) is 24.1 Å². The molecule has 0 aromatic carbocycles. The molecule has 2 aliphatic heterocycles. The van der Waals surface area contributed by atoms with Crippen molar-refractivity contribution in [3.63, 3.8) is 0 Å². The van der Waals surface area contributed by atoms with Gasteiger partial charge < -0.3 is 19.3 Å². The summed E-state index contributed by atoms with van der Waals surface area (Å²) >= 11 is 0. The Hall–Kier alpha value is -2.58. The molecule has 0 saturated carbocycles. The predicted molar refractivity (Wildman–Crippen MR) is 104 cm³/mol. The number of rotatable bonds is 4. The van der Waals surface area contributed by atoms with Crippen LogP contribution in [0.5, 0.6) is 0 Å². The van der Waals surface area contributed by atoms with E-state index in [0.29, 0.717) is 13.2 Å². The highest BCUT2D eigenvalue weighted by Crippen LogP contribution is 2.27. The van der Waals surface area contributed by atoms with Crippen LogP contribution < -0.4 is 4.90 Å². The summed E-state index contributed by atoms with van der Waals surface area (Å²) in [7, 11) is 0. The van der Waals surface area contributed by atoms with Crippen molar-refractivity contribution in [3.05, 3.63) is 42.2 Å². The molecule has 28 heavy (non-hydrogen) atoms. The number of fused-ring (bicyclic) bond motifs is 2. The molecule has 2 aliphatic rings. The van der Waals surface area contributed by atoms with Gasteiger partial charge in [0.2, 0.25) is 0 Å². The van der Waals surface area contributed by atoms with Crippen LogP contribution in [0.25, 0.3) is 11.2 Å². The van der Waals surface area contributed by atoms with Crippen molar-refractivity contribution in [3.8, 4) is 0 Å². The summed E-state index contributed by atoms with van der Waals surface area (Å²) in [6, 6.07) is 4.14. The van der Waals surface area contributed by atoms with E-state index >= 15 is 0 Å². The number of anilines is 1. The SMILES string of the molecule is O[C@@H]1COC[C@H]1CCn1cnc2c(N3CCCc4ncccc4C3)ncnc21. The molecular formula is C20H24N6O2. The number of aliphatic hydroxyl groups excluding tert-OH is 1. The summed E-state index contributed by atoms with van der Waals surface area (Å²) in [6.45, 7) is 3.52. The van der Waals surface area contributed by atoms with Crippen LogP contribution in [0.15, 0.2) is 31.0 Å². The van der Waals surface area contributed by atoms with E-state index < -0.39 is 0 Å². The van der Waals surface area contributed by atoms with E-state index in [1.165, 1.54) is 11.3 Å². The number of aryl methyl sites for hydroxylation is 2. The van der Waals surface area contributed by atoms with Gasteiger partial charge in [0, 0.05) is 37.4 Å². The summed E-state index contributed by atoms with van der Waals surface area (Å²) in [5.41, 5.74) is 4.10. The van der Waals surface area contributed by atoms with E-state index in [9.17, 15) is 5.11 Å². The molecule has 5 heterocycles. The van der Waals surface area contributed by atoms with E-state index in [1.807, 2.05) is 18.6 Å². The highest BCUT2D eigenvalue weighted by atomic mass is 16.5. The lowest BCUT2D eigenvalue weighted by atomic mass is 10.0. The molecule has 3 aromatic heterocycles. The molecule has 0 bridgehead atoms. The number of aliphatic hydroxyl groups is 1. The zero-order chi connectivity index (χ0) is 18.9. The summed E-state index contributed by atoms with van der Waals surface area (Å²) in [4.78, 5) is 20.5. The number of hydrogen-bond acceptors (Lipinski definition) is 7. The zero-order valence-corrected chi connectivity index (χ0v) is 15.7. The van der Waals surface area contributed by atoms with Crippen LogP contribution in [-0.2, 0) is 24.2 Å². The van der Waals surface area contributed by atoms with Crippen LogP contribution in [0, 0.1) is 5.92 Å². The number of imidazole rings is 1. The predicted octanol–water partition coefficient (Wildman–Crippen LogP) is 1.57. The molecule has 146 valence electrons. The van der Waals surface area contributed by atoms with Gasteiger partial charge in [-0.2, -0.15) is 0 Å². The maximum absolute atomic E-state index is 9.96. The Morgan fingerprint density at radius 2 is 2.14 bits per heavy atom. The molecule has 0 spiro atoms. The van der Waals surface area contributed by atoms with Gasteiger partial charge in [0.15, 0.2) is 17.0 Å². The van der Waals surface area contributed by atoms with E-state index in [-0.39, 0.29) is 12.0 Å². The Labute approximate surface area is 163 Å². The van der Waals surface area contributed by atoms with Crippen molar-refractivity contribution in [2.24, 2.45) is 5.92 Å². The van der Waals surface area contributed by atoms with Gasteiger partial charge in [-0.05, 0) is 30.9 Å². The largest absolute Gasteiger partial charge is 0.390 e. The second kappa shape index (κ2) is 7.44. The van der Waals surface area contributed by atoms with E-state index in [4.69, 9.17) is 4.74 Å². The Balaban J connectivity index is 1.41. The molecule has 5 rings (SSSR count). The molecule has 0 amide bonds. The third-order valence-corrected chi connectivity index (χ3v) is 5.77. The Morgan fingerprint density at radius 1 is 1.18 bits per heavy atom. The van der Waals surface area contributed by atoms with Gasteiger partial charge in [0.1, 0.15) is 6.33 Å². The number of pyridine rings is 1.